The van der Waals surface area contributed by atoms with Crippen molar-refractivity contribution in [1.29, 1.82) is 0 Å². The molecule has 10 aromatic rings. The third-order valence-corrected chi connectivity index (χ3v) is 19.5. The zero-order valence-electron chi connectivity index (χ0n) is 57.1. The molecule has 0 aliphatic heterocycles. The molecule has 15 rings (SSSR count). The quantitative estimate of drug-likeness (QED) is 0.0841. The Hall–Kier alpha value is -10.8. The van der Waals surface area contributed by atoms with Crippen molar-refractivity contribution in [2.75, 3.05) is 11.5 Å². The fourth-order valence-corrected chi connectivity index (χ4v) is 14.1. The molecule has 0 saturated heterocycles. The van der Waals surface area contributed by atoms with Gasteiger partial charge in [0.1, 0.15) is 6.29 Å². The van der Waals surface area contributed by atoms with E-state index >= 15 is 0 Å². The minimum Gasteiger partial charge on any atom is -0.399 e. The summed E-state index contributed by atoms with van der Waals surface area (Å²) in [6.45, 7) is 17.3. The van der Waals surface area contributed by atoms with Gasteiger partial charge in [-0.3, -0.25) is 38.4 Å². The molecule has 5 aliphatic carbocycles. The number of nitrogens with two attached hydrogens (primary N) is 2. The number of ketones is 7. The maximum atomic E-state index is 12.3. The fraction of sp³-hybridized carbons (Fsp3) is 0.227. The van der Waals surface area contributed by atoms with Crippen molar-refractivity contribution in [2.24, 2.45) is 35.0 Å². The highest BCUT2D eigenvalue weighted by Gasteiger charge is 2.34. The Morgan fingerprint density at radius 2 is 0.602 bits per heavy atom. The van der Waals surface area contributed by atoms with Gasteiger partial charge in [-0.1, -0.05) is 243 Å². The van der Waals surface area contributed by atoms with E-state index in [9.17, 15) is 38.4 Å². The zero-order valence-corrected chi connectivity index (χ0v) is 57.1. The maximum absolute atomic E-state index is 12.3. The highest BCUT2D eigenvalue weighted by molar-refractivity contribution is 6.07. The molecular formula is C88H82N2O8. The van der Waals surface area contributed by atoms with Crippen LogP contribution in [0.3, 0.4) is 0 Å². The van der Waals surface area contributed by atoms with Crippen LogP contribution >= 0.6 is 0 Å². The second-order valence-corrected chi connectivity index (χ2v) is 27.8. The highest BCUT2D eigenvalue weighted by Crippen LogP contribution is 2.41. The Labute approximate surface area is 574 Å². The number of benzene rings is 10. The first-order valence-electron chi connectivity index (χ1n) is 33.7. The molecular weight excluding hydrogens is 1210 g/mol. The summed E-state index contributed by atoms with van der Waals surface area (Å²) in [4.78, 5) is 94.7. The number of fused-ring (bicyclic) bond motifs is 5. The van der Waals surface area contributed by atoms with Crippen LogP contribution in [0, 0.1) is 35.0 Å². The lowest BCUT2D eigenvalue weighted by atomic mass is 9.86. The van der Waals surface area contributed by atoms with Gasteiger partial charge in [0.15, 0.2) is 40.5 Å². The Morgan fingerprint density at radius 3 is 0.888 bits per heavy atom. The molecule has 10 aromatic carbocycles. The summed E-state index contributed by atoms with van der Waals surface area (Å²) in [5.74, 6) is 1.87. The highest BCUT2D eigenvalue weighted by atomic mass is 16.2. The summed E-state index contributed by atoms with van der Waals surface area (Å²) in [5.41, 5.74) is 35.9. The number of aldehydes is 1. The Kier molecular flexibility index (Phi) is 20.2. The molecule has 492 valence electrons. The summed E-state index contributed by atoms with van der Waals surface area (Å²) in [6, 6.07) is 68.1. The molecule has 5 unspecified atom stereocenters. The van der Waals surface area contributed by atoms with Crippen LogP contribution in [0.2, 0.25) is 0 Å². The molecule has 5 atom stereocenters. The van der Waals surface area contributed by atoms with Crippen molar-refractivity contribution in [3.8, 4) is 55.6 Å². The summed E-state index contributed by atoms with van der Waals surface area (Å²) < 4.78 is 0. The molecule has 0 bridgehead atoms. The van der Waals surface area contributed by atoms with Gasteiger partial charge in [-0.25, -0.2) is 0 Å². The van der Waals surface area contributed by atoms with E-state index < -0.39 is 0 Å². The SMILES string of the molecule is CC(=O)c1ccc(-c2cccc3c2CC(C)C3=O)cc1.CC1Cc2c(cccc2-c2ccc(C(=O)C(C)(C)C)cc2)C1=O.CC1Cc2c(cccc2-c2ccc(C=O)cc2)C1=O.CC1Cc2c(cccc2-c2ccc(N)cc2)C1=O.CC1Cc2c(cccc2-c2cccc(N)c2)C1=O. The van der Waals surface area contributed by atoms with E-state index in [1.54, 1.807) is 6.92 Å². The van der Waals surface area contributed by atoms with Gasteiger partial charge in [-0.15, -0.1) is 0 Å². The molecule has 0 heterocycles. The Bertz CT molecular complexity index is 4780. The van der Waals surface area contributed by atoms with Gasteiger partial charge in [0.2, 0.25) is 0 Å². The molecule has 0 saturated carbocycles. The Morgan fingerprint density at radius 1 is 0.337 bits per heavy atom. The van der Waals surface area contributed by atoms with Gasteiger partial charge >= 0.3 is 0 Å². The van der Waals surface area contributed by atoms with Crippen LogP contribution in [-0.4, -0.2) is 46.8 Å². The minimum atomic E-state index is -0.378. The van der Waals surface area contributed by atoms with Crippen LogP contribution in [0.25, 0.3) is 55.6 Å². The van der Waals surface area contributed by atoms with Crippen molar-refractivity contribution in [3.05, 3.63) is 285 Å². The van der Waals surface area contributed by atoms with Crippen LogP contribution in [0.4, 0.5) is 11.4 Å². The van der Waals surface area contributed by atoms with Gasteiger partial charge < -0.3 is 11.5 Å². The average Bonchev–Trinajstić information content (AvgIpc) is 1.70. The number of Topliss-reactive ketones (excluding diaryl/α,β-unsaturated/α-hetero) is 7. The third-order valence-electron chi connectivity index (χ3n) is 19.5. The van der Waals surface area contributed by atoms with E-state index in [-0.39, 0.29) is 75.5 Å². The Balaban J connectivity index is 0.000000124. The number of carbonyl (C=O) groups excluding carboxylic acids is 8. The normalized spacial score (nSPS) is 17.4. The first kappa shape index (κ1) is 68.5. The van der Waals surface area contributed by atoms with E-state index in [1.807, 2.05) is 250 Å². The van der Waals surface area contributed by atoms with E-state index in [0.717, 1.165) is 155 Å². The number of hydrogen-bond acceptors (Lipinski definition) is 10. The smallest absolute Gasteiger partial charge is 0.168 e. The summed E-state index contributed by atoms with van der Waals surface area (Å²) in [7, 11) is 0. The van der Waals surface area contributed by atoms with Gasteiger partial charge in [0.05, 0.1) is 0 Å². The monoisotopic (exact) mass is 1290 g/mol. The molecule has 0 radical (unpaired) electrons. The lowest BCUT2D eigenvalue weighted by Crippen LogP contribution is -2.19. The van der Waals surface area contributed by atoms with Crippen molar-refractivity contribution >= 4 is 58.1 Å². The van der Waals surface area contributed by atoms with Gasteiger partial charge in [0.25, 0.3) is 0 Å². The molecule has 0 amide bonds. The zero-order chi connectivity index (χ0) is 69.9. The summed E-state index contributed by atoms with van der Waals surface area (Å²) in [5, 5.41) is 0. The lowest BCUT2D eigenvalue weighted by molar-refractivity contribution is 0.0856. The fourth-order valence-electron chi connectivity index (χ4n) is 14.1. The summed E-state index contributed by atoms with van der Waals surface area (Å²) in [6.07, 6.45) is 4.92. The standard InChI is InChI=1S/C21H22O2.C18H16O2.C17H14O2.2C16H15NO/c1-13-12-18-16(6-5-7-17(18)19(13)22)14-8-10-15(11-9-14)20(23)21(2,3)4;1-11-10-17-15(4-3-5-16(17)18(11)20)14-8-6-13(7-9-14)12(2)19;1-11-9-16-14(3-2-4-15(16)17(11)19)13-7-5-12(10-18)6-8-13;1-10-8-15-13(6-3-7-14(15)16(10)18)11-4-2-5-12(17)9-11;1-10-9-15-13(3-2-4-14(15)16(10)18)11-5-7-12(17)8-6-11/h5-11,13H,12H2,1-4H3;3-9,11H,10H2,1-2H3;2-8,10-11H,9H2,1H3;2-7,9-10H,8,17H2,1H3;2-8,10H,9,17H2,1H3. The van der Waals surface area contributed by atoms with Crippen LogP contribution in [0.5, 0.6) is 0 Å². The number of hydrogen-bond donors (Lipinski definition) is 2. The molecule has 4 N–H and O–H groups in total. The number of rotatable bonds is 8. The molecule has 5 aliphatic rings. The van der Waals surface area contributed by atoms with Crippen molar-refractivity contribution in [1.82, 2.24) is 0 Å². The predicted octanol–water partition coefficient (Wildman–Crippen LogP) is 19.1. The van der Waals surface area contributed by atoms with Gasteiger partial charge in [0, 0.05) is 90.9 Å². The van der Waals surface area contributed by atoms with Crippen LogP contribution in [0.1, 0.15) is 173 Å². The average molecular weight is 1300 g/mol. The molecule has 10 heteroatoms. The molecule has 10 nitrogen and oxygen atoms in total. The van der Waals surface area contributed by atoms with Crippen LogP contribution < -0.4 is 11.5 Å². The first-order chi connectivity index (χ1) is 46.9. The van der Waals surface area contributed by atoms with Gasteiger partial charge in [-0.2, -0.15) is 0 Å². The largest absolute Gasteiger partial charge is 0.399 e. The second-order valence-electron chi connectivity index (χ2n) is 27.8. The molecule has 98 heavy (non-hydrogen) atoms. The predicted molar refractivity (Wildman–Crippen MR) is 393 cm³/mol. The molecule has 0 fully saturated rings. The van der Waals surface area contributed by atoms with Crippen molar-refractivity contribution in [3.63, 3.8) is 0 Å². The number of nitrogen functional groups attached to an aromatic ring is 2. The minimum absolute atomic E-state index is 0.0629. The topological polar surface area (TPSA) is 189 Å². The summed E-state index contributed by atoms with van der Waals surface area (Å²) >= 11 is 0. The van der Waals surface area contributed by atoms with Crippen molar-refractivity contribution in [2.45, 2.75) is 94.4 Å². The van der Waals surface area contributed by atoms with E-state index in [0.29, 0.717) is 11.1 Å². The third kappa shape index (κ3) is 14.3. The van der Waals surface area contributed by atoms with E-state index in [1.165, 1.54) is 11.1 Å². The van der Waals surface area contributed by atoms with E-state index in [4.69, 9.17) is 11.5 Å². The first-order valence-corrected chi connectivity index (χ1v) is 33.7. The second kappa shape index (κ2) is 28.9. The van der Waals surface area contributed by atoms with Crippen LogP contribution in [0.15, 0.2) is 212 Å². The van der Waals surface area contributed by atoms with Crippen LogP contribution in [-0.2, 0) is 32.1 Å². The lowest BCUT2D eigenvalue weighted by Gasteiger charge is -2.17. The number of anilines is 2. The molecule has 0 aromatic heterocycles. The van der Waals surface area contributed by atoms with E-state index in [2.05, 4.69) is 18.2 Å². The van der Waals surface area contributed by atoms with Crippen molar-refractivity contribution < 1.29 is 38.4 Å². The number of carbonyl (C=O) groups is 8. The molecule has 0 spiro atoms. The van der Waals surface area contributed by atoms with Gasteiger partial charge in [-0.05, 0) is 147 Å². The maximum Gasteiger partial charge on any atom is 0.168 e.